The number of carboxylic acids is 1. The van der Waals surface area contributed by atoms with Gasteiger partial charge in [0.1, 0.15) is 11.4 Å². The number of carboxylic acid groups (broad SMARTS) is 1. The Labute approximate surface area is 189 Å². The number of nitrogens with one attached hydrogen (secondary N) is 2. The van der Waals surface area contributed by atoms with Gasteiger partial charge in [0, 0.05) is 17.4 Å². The Balaban J connectivity index is 2.11. The molecule has 8 heteroatoms. The Hall–Kier alpha value is -3.13. The van der Waals surface area contributed by atoms with Crippen LogP contribution in [0.2, 0.25) is 0 Å². The molecule has 3 N–H and O–H groups in total. The molecule has 2 rings (SSSR count). The number of halogens is 1. The average Bonchev–Trinajstić information content (AvgIpc) is 2.76. The standard InChI is InChI=1S/C23H25BrN2O5/c1-31-20-8-5-4-7-18(20)22(29)26-19(15-16-10-12-17(24)13-11-16)23(30)25-14-6-2-3-9-21(27)28/h4-5,7-8,10-13,15H,2-3,6,9,14H2,1H3,(H,25,30)(H,26,29)(H,27,28)/b19-15-. The van der Waals surface area contributed by atoms with Crippen LogP contribution < -0.4 is 15.4 Å². The minimum atomic E-state index is -0.831. The molecular formula is C23H25BrN2O5. The van der Waals surface area contributed by atoms with Gasteiger partial charge in [-0.2, -0.15) is 0 Å². The summed E-state index contributed by atoms with van der Waals surface area (Å²) in [6.45, 7) is 0.376. The summed E-state index contributed by atoms with van der Waals surface area (Å²) in [6, 6.07) is 14.1. The Morgan fingerprint density at radius 2 is 1.74 bits per heavy atom. The molecule has 0 saturated carbocycles. The summed E-state index contributed by atoms with van der Waals surface area (Å²) < 4.78 is 6.13. The van der Waals surface area contributed by atoms with Gasteiger partial charge in [-0.25, -0.2) is 0 Å². The van der Waals surface area contributed by atoms with Crippen LogP contribution in [0.3, 0.4) is 0 Å². The average molecular weight is 489 g/mol. The quantitative estimate of drug-likeness (QED) is 0.327. The zero-order chi connectivity index (χ0) is 22.6. The van der Waals surface area contributed by atoms with Crippen LogP contribution >= 0.6 is 15.9 Å². The highest BCUT2D eigenvalue weighted by molar-refractivity contribution is 9.10. The fraction of sp³-hybridized carbons (Fsp3) is 0.261. The van der Waals surface area contributed by atoms with Gasteiger partial charge in [-0.15, -0.1) is 0 Å². The maximum atomic E-state index is 12.8. The number of rotatable bonds is 11. The molecule has 2 aromatic rings. The van der Waals surface area contributed by atoms with Gasteiger partial charge in [-0.05, 0) is 48.7 Å². The van der Waals surface area contributed by atoms with E-state index in [0.717, 1.165) is 10.0 Å². The van der Waals surface area contributed by atoms with Gasteiger partial charge in [0.15, 0.2) is 0 Å². The number of aliphatic carboxylic acids is 1. The summed E-state index contributed by atoms with van der Waals surface area (Å²) in [5.41, 5.74) is 1.16. The Morgan fingerprint density at radius 3 is 2.42 bits per heavy atom. The maximum Gasteiger partial charge on any atom is 0.303 e. The number of benzene rings is 2. The van der Waals surface area contributed by atoms with E-state index >= 15 is 0 Å². The number of ether oxygens (including phenoxy) is 1. The smallest absolute Gasteiger partial charge is 0.303 e. The fourth-order valence-electron chi connectivity index (χ4n) is 2.78. The molecule has 164 valence electrons. The van der Waals surface area contributed by atoms with Gasteiger partial charge in [0.25, 0.3) is 11.8 Å². The van der Waals surface area contributed by atoms with Crippen molar-refractivity contribution in [2.75, 3.05) is 13.7 Å². The number of methoxy groups -OCH3 is 1. The summed E-state index contributed by atoms with van der Waals surface area (Å²) in [5.74, 6) is -1.31. The molecule has 0 atom stereocenters. The zero-order valence-corrected chi connectivity index (χ0v) is 18.8. The van der Waals surface area contributed by atoms with E-state index in [4.69, 9.17) is 9.84 Å². The van der Waals surface area contributed by atoms with Crippen LogP contribution in [0.4, 0.5) is 0 Å². The first-order valence-electron chi connectivity index (χ1n) is 9.82. The highest BCUT2D eigenvalue weighted by atomic mass is 79.9. The maximum absolute atomic E-state index is 12.8. The molecule has 7 nitrogen and oxygen atoms in total. The van der Waals surface area contributed by atoms with Gasteiger partial charge in [0.05, 0.1) is 12.7 Å². The van der Waals surface area contributed by atoms with Crippen LogP contribution in [0.25, 0.3) is 6.08 Å². The second-order valence-corrected chi connectivity index (χ2v) is 7.64. The molecule has 0 spiro atoms. The summed E-state index contributed by atoms with van der Waals surface area (Å²) in [4.78, 5) is 36.1. The van der Waals surface area contributed by atoms with Crippen LogP contribution in [0.5, 0.6) is 5.75 Å². The van der Waals surface area contributed by atoms with E-state index in [2.05, 4.69) is 26.6 Å². The first kappa shape index (κ1) is 24.1. The number of carbonyl (C=O) groups is 3. The van der Waals surface area contributed by atoms with Crippen molar-refractivity contribution >= 4 is 39.8 Å². The van der Waals surface area contributed by atoms with Crippen molar-refractivity contribution in [2.24, 2.45) is 0 Å². The van der Waals surface area contributed by atoms with Crippen LogP contribution in [0, 0.1) is 0 Å². The van der Waals surface area contributed by atoms with E-state index in [1.54, 1.807) is 30.3 Å². The third kappa shape index (κ3) is 8.25. The largest absolute Gasteiger partial charge is 0.496 e. The van der Waals surface area contributed by atoms with Gasteiger partial charge >= 0.3 is 5.97 Å². The molecule has 2 amide bonds. The number of hydrogen-bond acceptors (Lipinski definition) is 4. The molecule has 0 radical (unpaired) electrons. The van der Waals surface area contributed by atoms with Crippen LogP contribution in [0.1, 0.15) is 41.6 Å². The number of hydrogen-bond donors (Lipinski definition) is 3. The third-order valence-corrected chi connectivity index (χ3v) is 4.91. The second-order valence-electron chi connectivity index (χ2n) is 6.72. The first-order chi connectivity index (χ1) is 14.9. The normalized spacial score (nSPS) is 11.0. The van der Waals surface area contributed by atoms with Crippen LogP contribution in [-0.4, -0.2) is 36.5 Å². The molecule has 0 fully saturated rings. The minimum absolute atomic E-state index is 0.101. The summed E-state index contributed by atoms with van der Waals surface area (Å²) in [7, 11) is 1.47. The summed E-state index contributed by atoms with van der Waals surface area (Å²) in [5, 5.41) is 14.1. The molecule has 0 saturated heterocycles. The molecule has 31 heavy (non-hydrogen) atoms. The predicted octanol–water partition coefficient (Wildman–Crippen LogP) is 3.99. The lowest BCUT2D eigenvalue weighted by atomic mass is 10.1. The van der Waals surface area contributed by atoms with Crippen LogP contribution in [-0.2, 0) is 9.59 Å². The van der Waals surface area contributed by atoms with Crippen molar-refractivity contribution in [3.05, 3.63) is 69.8 Å². The molecule has 2 aromatic carbocycles. The fourth-order valence-corrected chi connectivity index (χ4v) is 3.05. The Morgan fingerprint density at radius 1 is 1.03 bits per heavy atom. The van der Waals surface area contributed by atoms with Crippen molar-refractivity contribution < 1.29 is 24.2 Å². The zero-order valence-electron chi connectivity index (χ0n) is 17.2. The second kappa shape index (κ2) is 12.5. The van der Waals surface area contributed by atoms with Crippen molar-refractivity contribution in [3.63, 3.8) is 0 Å². The first-order valence-corrected chi connectivity index (χ1v) is 10.6. The summed E-state index contributed by atoms with van der Waals surface area (Å²) >= 11 is 3.37. The van der Waals surface area contributed by atoms with Gasteiger partial charge < -0.3 is 20.5 Å². The molecule has 0 aliphatic carbocycles. The topological polar surface area (TPSA) is 105 Å². The van der Waals surface area contributed by atoms with E-state index in [9.17, 15) is 14.4 Å². The number of para-hydroxylation sites is 1. The molecule has 0 aromatic heterocycles. The lowest BCUT2D eigenvalue weighted by molar-refractivity contribution is -0.137. The molecule has 0 unspecified atom stereocenters. The van der Waals surface area contributed by atoms with E-state index < -0.39 is 17.8 Å². The molecule has 0 bridgehead atoms. The third-order valence-electron chi connectivity index (χ3n) is 4.38. The monoisotopic (exact) mass is 488 g/mol. The Bertz CT molecular complexity index is 941. The molecule has 0 heterocycles. The molecule has 0 aliphatic heterocycles. The van der Waals surface area contributed by atoms with E-state index in [1.165, 1.54) is 7.11 Å². The van der Waals surface area contributed by atoms with Gasteiger partial charge in [0.2, 0.25) is 0 Å². The SMILES string of the molecule is COc1ccccc1C(=O)N/C(=C\c1ccc(Br)cc1)C(=O)NCCCCCC(=O)O. The number of amides is 2. The highest BCUT2D eigenvalue weighted by Gasteiger charge is 2.17. The van der Waals surface area contributed by atoms with Gasteiger partial charge in [-0.3, -0.25) is 14.4 Å². The number of unbranched alkanes of at least 4 members (excludes halogenated alkanes) is 2. The van der Waals surface area contributed by atoms with Crippen molar-refractivity contribution in [1.29, 1.82) is 0 Å². The molecule has 0 aliphatic rings. The van der Waals surface area contributed by atoms with Crippen molar-refractivity contribution in [1.82, 2.24) is 10.6 Å². The Kier molecular flexibility index (Phi) is 9.77. The van der Waals surface area contributed by atoms with E-state index in [1.807, 2.05) is 24.3 Å². The van der Waals surface area contributed by atoms with Crippen molar-refractivity contribution in [2.45, 2.75) is 25.7 Å². The lowest BCUT2D eigenvalue weighted by Gasteiger charge is -2.13. The lowest BCUT2D eigenvalue weighted by Crippen LogP contribution is -2.35. The molecular weight excluding hydrogens is 464 g/mol. The van der Waals surface area contributed by atoms with Gasteiger partial charge in [-0.1, -0.05) is 46.6 Å². The predicted molar refractivity (Wildman–Crippen MR) is 122 cm³/mol. The minimum Gasteiger partial charge on any atom is -0.496 e. The number of carbonyl (C=O) groups excluding carboxylic acids is 2. The van der Waals surface area contributed by atoms with E-state index in [-0.39, 0.29) is 12.1 Å². The van der Waals surface area contributed by atoms with E-state index in [0.29, 0.717) is 37.1 Å². The highest BCUT2D eigenvalue weighted by Crippen LogP contribution is 2.18. The van der Waals surface area contributed by atoms with Crippen molar-refractivity contribution in [3.8, 4) is 5.75 Å². The summed E-state index contributed by atoms with van der Waals surface area (Å²) in [6.07, 6.45) is 3.59. The van der Waals surface area contributed by atoms with Crippen LogP contribution in [0.15, 0.2) is 58.7 Å².